The average molecular weight is 257 g/mol. The number of nitrogens with one attached hydrogen (secondary N) is 1. The van der Waals surface area contributed by atoms with Crippen LogP contribution < -0.4 is 10.1 Å². The first kappa shape index (κ1) is 11.8. The predicted octanol–water partition coefficient (Wildman–Crippen LogP) is 2.19. The molecule has 1 amide bonds. The second-order valence-corrected chi connectivity index (χ2v) is 4.67. The van der Waals surface area contributed by atoms with Gasteiger partial charge in [0, 0.05) is 12.1 Å². The normalized spacial score (nSPS) is 14.2. The van der Waals surface area contributed by atoms with Crippen molar-refractivity contribution in [1.29, 1.82) is 0 Å². The highest BCUT2D eigenvalue weighted by Crippen LogP contribution is 2.22. The lowest BCUT2D eigenvalue weighted by molar-refractivity contribution is 0.0904. The fraction of sp³-hybridized carbons (Fsp3) is 0.267. The minimum absolute atomic E-state index is 0.140. The predicted molar refractivity (Wildman–Crippen MR) is 70.4 cm³/mol. The second kappa shape index (κ2) is 4.80. The Kier molecular flexibility index (Phi) is 2.99. The Hall–Kier alpha value is -2.23. The van der Waals surface area contributed by atoms with Gasteiger partial charge in [-0.05, 0) is 30.0 Å². The van der Waals surface area contributed by atoms with Crippen molar-refractivity contribution in [2.45, 2.75) is 18.9 Å². The molecule has 4 heteroatoms. The van der Waals surface area contributed by atoms with E-state index in [9.17, 15) is 4.79 Å². The largest absolute Gasteiger partial charge is 0.468 e. The summed E-state index contributed by atoms with van der Waals surface area (Å²) in [6.07, 6.45) is 1.75. The zero-order chi connectivity index (χ0) is 13.2. The van der Waals surface area contributed by atoms with Crippen LogP contribution in [0.5, 0.6) is 5.95 Å². The van der Waals surface area contributed by atoms with Crippen molar-refractivity contribution in [2.75, 3.05) is 7.11 Å². The van der Waals surface area contributed by atoms with Gasteiger partial charge in [0.1, 0.15) is 0 Å². The molecule has 0 saturated heterocycles. The first-order valence-corrected chi connectivity index (χ1v) is 6.28. The van der Waals surface area contributed by atoms with Crippen LogP contribution in [0.1, 0.15) is 21.7 Å². The number of benzene rings is 1. The fourth-order valence-electron chi connectivity index (χ4n) is 2.47. The summed E-state index contributed by atoms with van der Waals surface area (Å²) in [5.41, 5.74) is 2.62. The van der Waals surface area contributed by atoms with E-state index in [1.807, 2.05) is 12.1 Å². The summed E-state index contributed by atoms with van der Waals surface area (Å²) in [6.45, 7) is 0. The van der Waals surface area contributed by atoms with Crippen molar-refractivity contribution in [1.82, 2.24) is 5.32 Å². The highest BCUT2D eigenvalue weighted by molar-refractivity contribution is 5.91. The highest BCUT2D eigenvalue weighted by Gasteiger charge is 2.23. The van der Waals surface area contributed by atoms with Gasteiger partial charge in [-0.1, -0.05) is 24.3 Å². The van der Waals surface area contributed by atoms with E-state index in [1.165, 1.54) is 18.2 Å². The quantitative estimate of drug-likeness (QED) is 0.917. The van der Waals surface area contributed by atoms with Crippen LogP contribution in [0.3, 0.4) is 0 Å². The van der Waals surface area contributed by atoms with E-state index in [4.69, 9.17) is 9.15 Å². The number of furan rings is 1. The minimum atomic E-state index is -0.193. The number of carbonyl (C=O) groups excluding carboxylic acids is 1. The van der Waals surface area contributed by atoms with Crippen molar-refractivity contribution in [3.8, 4) is 5.95 Å². The molecule has 0 bridgehead atoms. The Morgan fingerprint density at radius 1 is 1.21 bits per heavy atom. The third kappa shape index (κ3) is 2.34. The molecule has 1 aliphatic rings. The van der Waals surface area contributed by atoms with Gasteiger partial charge in [0.05, 0.1) is 7.11 Å². The molecule has 98 valence electrons. The van der Waals surface area contributed by atoms with E-state index in [0.29, 0.717) is 5.95 Å². The van der Waals surface area contributed by atoms with Gasteiger partial charge in [0.15, 0.2) is 5.76 Å². The van der Waals surface area contributed by atoms with Crippen LogP contribution in [0, 0.1) is 0 Å². The Bertz CT molecular complexity index is 578. The summed E-state index contributed by atoms with van der Waals surface area (Å²) < 4.78 is 10.2. The van der Waals surface area contributed by atoms with Crippen molar-refractivity contribution in [2.24, 2.45) is 0 Å². The molecule has 1 N–H and O–H groups in total. The molecule has 1 aromatic carbocycles. The molecule has 0 atom stereocenters. The topological polar surface area (TPSA) is 51.5 Å². The van der Waals surface area contributed by atoms with Gasteiger partial charge in [0.2, 0.25) is 0 Å². The van der Waals surface area contributed by atoms with Gasteiger partial charge in [-0.2, -0.15) is 0 Å². The number of methoxy groups -OCH3 is 1. The lowest BCUT2D eigenvalue weighted by Gasteiger charge is -2.10. The summed E-state index contributed by atoms with van der Waals surface area (Å²) in [4.78, 5) is 12.0. The molecule has 0 radical (unpaired) electrons. The third-order valence-corrected chi connectivity index (χ3v) is 3.39. The van der Waals surface area contributed by atoms with E-state index in [2.05, 4.69) is 17.4 Å². The Labute approximate surface area is 111 Å². The molecule has 0 fully saturated rings. The van der Waals surface area contributed by atoms with Crippen LogP contribution in [-0.2, 0) is 12.8 Å². The highest BCUT2D eigenvalue weighted by atomic mass is 16.6. The first-order valence-electron chi connectivity index (χ1n) is 6.28. The lowest BCUT2D eigenvalue weighted by Crippen LogP contribution is -2.35. The lowest BCUT2D eigenvalue weighted by atomic mass is 10.1. The number of carbonyl (C=O) groups is 1. The molecule has 4 nitrogen and oxygen atoms in total. The van der Waals surface area contributed by atoms with Crippen LogP contribution in [-0.4, -0.2) is 19.1 Å². The van der Waals surface area contributed by atoms with Crippen molar-refractivity contribution >= 4 is 5.91 Å². The maximum Gasteiger partial charge on any atom is 0.287 e. The molecular formula is C15H15NO3. The SMILES string of the molecule is COc1ccc(C(=O)NC2Cc3ccccc3C2)o1. The summed E-state index contributed by atoms with van der Waals surface area (Å²) >= 11 is 0. The number of rotatable bonds is 3. The number of hydrogen-bond acceptors (Lipinski definition) is 3. The second-order valence-electron chi connectivity index (χ2n) is 4.67. The number of fused-ring (bicyclic) bond motifs is 1. The van der Waals surface area contributed by atoms with Crippen LogP contribution in [0.25, 0.3) is 0 Å². The fourth-order valence-corrected chi connectivity index (χ4v) is 2.47. The standard InChI is InChI=1S/C15H15NO3/c1-18-14-7-6-13(19-14)15(17)16-12-8-10-4-2-3-5-11(10)9-12/h2-7,12H,8-9H2,1H3,(H,16,17). The summed E-state index contributed by atoms with van der Waals surface area (Å²) in [5.74, 6) is 0.439. The van der Waals surface area contributed by atoms with Crippen molar-refractivity contribution in [3.63, 3.8) is 0 Å². The number of ether oxygens (including phenoxy) is 1. The van der Waals surface area contributed by atoms with Gasteiger partial charge in [-0.3, -0.25) is 4.79 Å². The van der Waals surface area contributed by atoms with E-state index >= 15 is 0 Å². The van der Waals surface area contributed by atoms with Gasteiger partial charge >= 0.3 is 0 Å². The Morgan fingerprint density at radius 2 is 1.89 bits per heavy atom. The van der Waals surface area contributed by atoms with Gasteiger partial charge in [-0.25, -0.2) is 0 Å². The first-order chi connectivity index (χ1) is 9.26. The molecule has 2 aromatic rings. The zero-order valence-electron chi connectivity index (χ0n) is 10.7. The van der Waals surface area contributed by atoms with Crippen LogP contribution in [0.15, 0.2) is 40.8 Å². The van der Waals surface area contributed by atoms with Crippen molar-refractivity contribution < 1.29 is 13.9 Å². The van der Waals surface area contributed by atoms with E-state index in [-0.39, 0.29) is 17.7 Å². The maximum atomic E-state index is 12.0. The van der Waals surface area contributed by atoms with E-state index in [0.717, 1.165) is 12.8 Å². The molecule has 19 heavy (non-hydrogen) atoms. The minimum Gasteiger partial charge on any atom is -0.468 e. The monoisotopic (exact) mass is 257 g/mol. The smallest absolute Gasteiger partial charge is 0.287 e. The van der Waals surface area contributed by atoms with Gasteiger partial charge in [0.25, 0.3) is 11.9 Å². The molecule has 1 aromatic heterocycles. The van der Waals surface area contributed by atoms with E-state index in [1.54, 1.807) is 12.1 Å². The molecule has 0 saturated carbocycles. The Balaban J connectivity index is 1.66. The molecule has 1 aliphatic carbocycles. The average Bonchev–Trinajstić information content (AvgIpc) is 3.04. The van der Waals surface area contributed by atoms with Crippen LogP contribution in [0.4, 0.5) is 0 Å². The molecule has 1 heterocycles. The molecule has 0 unspecified atom stereocenters. The Morgan fingerprint density at radius 3 is 2.47 bits per heavy atom. The molecule has 0 spiro atoms. The summed E-state index contributed by atoms with van der Waals surface area (Å²) in [6, 6.07) is 11.7. The maximum absolute atomic E-state index is 12.0. The van der Waals surface area contributed by atoms with Crippen LogP contribution >= 0.6 is 0 Å². The number of hydrogen-bond donors (Lipinski definition) is 1. The molecular weight excluding hydrogens is 242 g/mol. The number of amides is 1. The molecule has 3 rings (SSSR count). The third-order valence-electron chi connectivity index (χ3n) is 3.39. The molecule has 0 aliphatic heterocycles. The summed E-state index contributed by atoms with van der Waals surface area (Å²) in [5, 5.41) is 2.99. The van der Waals surface area contributed by atoms with Gasteiger partial charge < -0.3 is 14.5 Å². The van der Waals surface area contributed by atoms with Crippen molar-refractivity contribution in [3.05, 3.63) is 53.3 Å². The van der Waals surface area contributed by atoms with E-state index < -0.39 is 0 Å². The van der Waals surface area contributed by atoms with Gasteiger partial charge in [-0.15, -0.1) is 0 Å². The zero-order valence-corrected chi connectivity index (χ0v) is 10.7. The van der Waals surface area contributed by atoms with Crippen LogP contribution in [0.2, 0.25) is 0 Å². The summed E-state index contributed by atoms with van der Waals surface area (Å²) in [7, 11) is 1.51.